The number of nitrogens with zero attached hydrogens (tertiary/aromatic N) is 1. The van der Waals surface area contributed by atoms with Crippen LogP contribution in [0.5, 0.6) is 5.75 Å². The minimum absolute atomic E-state index is 0.0822. The predicted molar refractivity (Wildman–Crippen MR) is 82.3 cm³/mol. The number of aliphatic hydroxyl groups is 1. The highest BCUT2D eigenvalue weighted by atomic mass is 16.5. The summed E-state index contributed by atoms with van der Waals surface area (Å²) in [7, 11) is 0. The van der Waals surface area contributed by atoms with Gasteiger partial charge in [-0.3, -0.25) is 0 Å². The maximum Gasteiger partial charge on any atom is 0.119 e. The van der Waals surface area contributed by atoms with Gasteiger partial charge in [0.25, 0.3) is 0 Å². The van der Waals surface area contributed by atoms with Gasteiger partial charge >= 0.3 is 0 Å². The second kappa shape index (κ2) is 7.65. The first-order chi connectivity index (χ1) is 9.65. The molecule has 0 atom stereocenters. The van der Waals surface area contributed by atoms with E-state index in [0.717, 1.165) is 51.3 Å². The standard InChI is InChI=1S/C17H27NO2/c1-14(2)15-5-3-6-17(13-15)20-12-4-9-18-10-7-16(19)8-11-18/h3,5-6,13-14,16,19H,4,7-12H2,1-2H3. The normalized spacial score (nSPS) is 17.6. The van der Waals surface area contributed by atoms with Crippen LogP contribution in [-0.2, 0) is 0 Å². The molecule has 1 N–H and O–H groups in total. The summed E-state index contributed by atoms with van der Waals surface area (Å²) in [4.78, 5) is 2.42. The van der Waals surface area contributed by atoms with Crippen LogP contribution in [0.2, 0.25) is 0 Å². The summed E-state index contributed by atoms with van der Waals surface area (Å²) < 4.78 is 5.83. The van der Waals surface area contributed by atoms with Gasteiger partial charge in [0.05, 0.1) is 12.7 Å². The maximum atomic E-state index is 9.47. The molecule has 0 spiro atoms. The molecule has 1 heterocycles. The summed E-state index contributed by atoms with van der Waals surface area (Å²) in [5.74, 6) is 1.52. The van der Waals surface area contributed by atoms with Crippen LogP contribution >= 0.6 is 0 Å². The highest BCUT2D eigenvalue weighted by Crippen LogP contribution is 2.20. The molecule has 1 aromatic rings. The third-order valence-electron chi connectivity index (χ3n) is 3.97. The molecule has 2 rings (SSSR count). The zero-order valence-corrected chi connectivity index (χ0v) is 12.7. The van der Waals surface area contributed by atoms with Crippen LogP contribution < -0.4 is 4.74 Å². The van der Waals surface area contributed by atoms with Gasteiger partial charge in [0.1, 0.15) is 5.75 Å². The van der Waals surface area contributed by atoms with Crippen molar-refractivity contribution in [2.75, 3.05) is 26.2 Å². The highest BCUT2D eigenvalue weighted by Gasteiger charge is 2.16. The smallest absolute Gasteiger partial charge is 0.119 e. The van der Waals surface area contributed by atoms with Crippen molar-refractivity contribution in [1.82, 2.24) is 4.90 Å². The molecule has 0 saturated carbocycles. The molecule has 3 nitrogen and oxygen atoms in total. The lowest BCUT2D eigenvalue weighted by molar-refractivity contribution is 0.0800. The van der Waals surface area contributed by atoms with Crippen molar-refractivity contribution in [3.05, 3.63) is 29.8 Å². The molecule has 1 saturated heterocycles. The molecule has 3 heteroatoms. The molecule has 0 aromatic heterocycles. The summed E-state index contributed by atoms with van der Waals surface area (Å²) in [6.45, 7) is 8.26. The van der Waals surface area contributed by atoms with Gasteiger partial charge in [-0.05, 0) is 42.9 Å². The Balaban J connectivity index is 1.67. The van der Waals surface area contributed by atoms with Crippen molar-refractivity contribution in [1.29, 1.82) is 0 Å². The van der Waals surface area contributed by atoms with E-state index >= 15 is 0 Å². The van der Waals surface area contributed by atoms with Gasteiger partial charge in [-0.15, -0.1) is 0 Å². The molecule has 1 aliphatic heterocycles. The molecule has 0 bridgehead atoms. The Kier molecular flexibility index (Phi) is 5.86. The van der Waals surface area contributed by atoms with Crippen LogP contribution in [-0.4, -0.2) is 42.4 Å². The number of hydrogen-bond acceptors (Lipinski definition) is 3. The lowest BCUT2D eigenvalue weighted by Crippen LogP contribution is -2.36. The molecule has 20 heavy (non-hydrogen) atoms. The lowest BCUT2D eigenvalue weighted by Gasteiger charge is -2.29. The summed E-state index contributed by atoms with van der Waals surface area (Å²) in [6, 6.07) is 8.39. The van der Waals surface area contributed by atoms with Gasteiger partial charge in [-0.1, -0.05) is 26.0 Å². The van der Waals surface area contributed by atoms with E-state index < -0.39 is 0 Å². The van der Waals surface area contributed by atoms with E-state index in [-0.39, 0.29) is 6.10 Å². The van der Waals surface area contributed by atoms with Gasteiger partial charge in [0.15, 0.2) is 0 Å². The Labute approximate surface area is 122 Å². The Bertz CT molecular complexity index is 398. The molecular weight excluding hydrogens is 250 g/mol. The van der Waals surface area contributed by atoms with E-state index in [2.05, 4.69) is 36.9 Å². The van der Waals surface area contributed by atoms with Crippen LogP contribution in [0.4, 0.5) is 0 Å². The Morgan fingerprint density at radius 3 is 2.75 bits per heavy atom. The molecule has 0 radical (unpaired) electrons. The first-order valence-corrected chi connectivity index (χ1v) is 7.78. The van der Waals surface area contributed by atoms with E-state index in [9.17, 15) is 5.11 Å². The average molecular weight is 277 g/mol. The average Bonchev–Trinajstić information content (AvgIpc) is 2.46. The third kappa shape index (κ3) is 4.80. The Hall–Kier alpha value is -1.06. The monoisotopic (exact) mass is 277 g/mol. The molecule has 0 amide bonds. The number of aliphatic hydroxyl groups excluding tert-OH is 1. The fourth-order valence-corrected chi connectivity index (χ4v) is 2.58. The van der Waals surface area contributed by atoms with Gasteiger partial charge < -0.3 is 14.7 Å². The van der Waals surface area contributed by atoms with Crippen LogP contribution in [0.15, 0.2) is 24.3 Å². The predicted octanol–water partition coefficient (Wildman–Crippen LogP) is 3.04. The van der Waals surface area contributed by atoms with E-state index in [1.165, 1.54) is 5.56 Å². The van der Waals surface area contributed by atoms with Crippen molar-refractivity contribution in [3.8, 4) is 5.75 Å². The topological polar surface area (TPSA) is 32.7 Å². The van der Waals surface area contributed by atoms with Gasteiger partial charge in [-0.2, -0.15) is 0 Å². The SMILES string of the molecule is CC(C)c1cccc(OCCCN2CCC(O)CC2)c1. The number of likely N-dealkylation sites (tertiary alicyclic amines) is 1. The summed E-state index contributed by atoms with van der Waals surface area (Å²) in [5, 5.41) is 9.47. The van der Waals surface area contributed by atoms with Crippen LogP contribution in [0.3, 0.4) is 0 Å². The maximum absolute atomic E-state index is 9.47. The number of rotatable bonds is 6. The van der Waals surface area contributed by atoms with Crippen LogP contribution in [0.1, 0.15) is 44.6 Å². The van der Waals surface area contributed by atoms with Gasteiger partial charge in [-0.25, -0.2) is 0 Å². The molecule has 0 unspecified atom stereocenters. The number of ether oxygens (including phenoxy) is 1. The number of hydrogen-bond donors (Lipinski definition) is 1. The minimum Gasteiger partial charge on any atom is -0.494 e. The molecule has 1 aliphatic rings. The summed E-state index contributed by atoms with van der Waals surface area (Å²) in [5.41, 5.74) is 1.33. The fourth-order valence-electron chi connectivity index (χ4n) is 2.58. The quantitative estimate of drug-likeness (QED) is 0.811. The number of piperidine rings is 1. The van der Waals surface area contributed by atoms with E-state index in [1.54, 1.807) is 0 Å². The van der Waals surface area contributed by atoms with E-state index in [4.69, 9.17) is 4.74 Å². The summed E-state index contributed by atoms with van der Waals surface area (Å²) in [6.07, 6.45) is 2.79. The van der Waals surface area contributed by atoms with Crippen molar-refractivity contribution in [2.24, 2.45) is 0 Å². The van der Waals surface area contributed by atoms with Gasteiger partial charge in [0, 0.05) is 19.6 Å². The first-order valence-electron chi connectivity index (χ1n) is 7.78. The molecule has 112 valence electrons. The largest absolute Gasteiger partial charge is 0.494 e. The molecule has 1 aromatic carbocycles. The zero-order valence-electron chi connectivity index (χ0n) is 12.7. The second-order valence-electron chi connectivity index (χ2n) is 6.00. The number of benzene rings is 1. The van der Waals surface area contributed by atoms with Crippen molar-refractivity contribution in [2.45, 2.75) is 45.1 Å². The van der Waals surface area contributed by atoms with Gasteiger partial charge in [0.2, 0.25) is 0 Å². The highest BCUT2D eigenvalue weighted by molar-refractivity contribution is 5.30. The minimum atomic E-state index is -0.0822. The third-order valence-corrected chi connectivity index (χ3v) is 3.97. The van der Waals surface area contributed by atoms with Crippen LogP contribution in [0, 0.1) is 0 Å². The molecule has 0 aliphatic carbocycles. The van der Waals surface area contributed by atoms with Crippen molar-refractivity contribution >= 4 is 0 Å². The Morgan fingerprint density at radius 2 is 2.05 bits per heavy atom. The molecular formula is C17H27NO2. The second-order valence-corrected chi connectivity index (χ2v) is 6.00. The van der Waals surface area contributed by atoms with Crippen molar-refractivity contribution < 1.29 is 9.84 Å². The lowest BCUT2D eigenvalue weighted by atomic mass is 10.0. The zero-order chi connectivity index (χ0) is 14.4. The molecule has 1 fully saturated rings. The van der Waals surface area contributed by atoms with E-state index in [1.807, 2.05) is 6.07 Å². The summed E-state index contributed by atoms with van der Waals surface area (Å²) >= 11 is 0. The Morgan fingerprint density at radius 1 is 1.30 bits per heavy atom. The van der Waals surface area contributed by atoms with Crippen molar-refractivity contribution in [3.63, 3.8) is 0 Å². The van der Waals surface area contributed by atoms with E-state index in [0.29, 0.717) is 5.92 Å². The van der Waals surface area contributed by atoms with Crippen LogP contribution in [0.25, 0.3) is 0 Å². The fraction of sp³-hybridized carbons (Fsp3) is 0.647. The first kappa shape index (κ1) is 15.3.